The molecule has 0 nitrogen and oxygen atoms in total. The zero-order valence-corrected chi connectivity index (χ0v) is 9.23. The second-order valence-electron chi connectivity index (χ2n) is 3.72. The Morgan fingerprint density at radius 3 is 2.64 bits per heavy atom. The number of alkyl halides is 1. The molecule has 0 aliphatic heterocycles. The Morgan fingerprint density at radius 2 is 2.00 bits per heavy atom. The molecule has 0 saturated heterocycles. The summed E-state index contributed by atoms with van der Waals surface area (Å²) in [5, 5.41) is 0. The maximum absolute atomic E-state index is 13.4. The van der Waals surface area contributed by atoms with E-state index in [2.05, 4.69) is 15.9 Å². The maximum atomic E-state index is 13.4. The summed E-state index contributed by atoms with van der Waals surface area (Å²) in [4.78, 5) is 0.291. The highest BCUT2D eigenvalue weighted by Gasteiger charge is 2.28. The monoisotopic (exact) mass is 260 g/mol. The van der Waals surface area contributed by atoms with Gasteiger partial charge in [-0.15, -0.1) is 0 Å². The van der Waals surface area contributed by atoms with E-state index in [4.69, 9.17) is 0 Å². The molecule has 1 aromatic rings. The fourth-order valence-electron chi connectivity index (χ4n) is 2.06. The van der Waals surface area contributed by atoms with Gasteiger partial charge in [0.1, 0.15) is 11.6 Å². The van der Waals surface area contributed by atoms with E-state index in [1.54, 1.807) is 0 Å². The van der Waals surface area contributed by atoms with Gasteiger partial charge in [-0.25, -0.2) is 8.78 Å². The van der Waals surface area contributed by atoms with Gasteiger partial charge in [-0.1, -0.05) is 22.4 Å². The van der Waals surface area contributed by atoms with Gasteiger partial charge in [0.05, 0.1) is 0 Å². The van der Waals surface area contributed by atoms with Gasteiger partial charge in [0.25, 0.3) is 0 Å². The van der Waals surface area contributed by atoms with Crippen LogP contribution in [-0.2, 0) is 0 Å². The van der Waals surface area contributed by atoms with Gasteiger partial charge in [0.15, 0.2) is 0 Å². The van der Waals surface area contributed by atoms with Crippen LogP contribution in [0.15, 0.2) is 18.2 Å². The Balaban J connectivity index is 2.34. The summed E-state index contributed by atoms with van der Waals surface area (Å²) in [5.41, 5.74) is 0.518. The van der Waals surface area contributed by atoms with Crippen LogP contribution in [0.3, 0.4) is 0 Å². The molecule has 3 heteroatoms. The molecule has 2 unspecified atom stereocenters. The van der Waals surface area contributed by atoms with E-state index in [1.165, 1.54) is 12.1 Å². The molecule has 0 heterocycles. The van der Waals surface area contributed by atoms with Crippen molar-refractivity contribution in [1.29, 1.82) is 0 Å². The molecular formula is C11H11BrF2. The summed E-state index contributed by atoms with van der Waals surface area (Å²) in [5.74, 6) is -0.513. The van der Waals surface area contributed by atoms with Crippen molar-refractivity contribution in [3.63, 3.8) is 0 Å². The van der Waals surface area contributed by atoms with Crippen LogP contribution in [-0.4, -0.2) is 4.83 Å². The fraction of sp³-hybridized carbons (Fsp3) is 0.455. The lowest BCUT2D eigenvalue weighted by atomic mass is 9.97. The molecule has 1 fully saturated rings. The van der Waals surface area contributed by atoms with Gasteiger partial charge in [-0.2, -0.15) is 0 Å². The Labute approximate surface area is 90.4 Å². The van der Waals surface area contributed by atoms with Gasteiger partial charge in [-0.3, -0.25) is 0 Å². The lowest BCUT2D eigenvalue weighted by molar-refractivity contribution is 0.564. The molecule has 1 saturated carbocycles. The molecule has 1 aromatic carbocycles. The van der Waals surface area contributed by atoms with E-state index >= 15 is 0 Å². The Morgan fingerprint density at radius 1 is 1.21 bits per heavy atom. The molecule has 0 amide bonds. The van der Waals surface area contributed by atoms with Crippen molar-refractivity contribution in [2.24, 2.45) is 0 Å². The number of benzene rings is 1. The molecule has 1 aliphatic carbocycles. The Hall–Kier alpha value is -0.440. The van der Waals surface area contributed by atoms with Gasteiger partial charge in [-0.05, 0) is 42.5 Å². The van der Waals surface area contributed by atoms with Gasteiger partial charge in [0.2, 0.25) is 0 Å². The smallest absolute Gasteiger partial charge is 0.126 e. The highest BCUT2D eigenvalue weighted by molar-refractivity contribution is 9.09. The topological polar surface area (TPSA) is 0 Å². The first-order valence-corrected chi connectivity index (χ1v) is 5.69. The van der Waals surface area contributed by atoms with E-state index in [-0.39, 0.29) is 17.6 Å². The van der Waals surface area contributed by atoms with E-state index in [9.17, 15) is 8.78 Å². The van der Waals surface area contributed by atoms with Crippen molar-refractivity contribution in [1.82, 2.24) is 0 Å². The average molecular weight is 261 g/mol. The van der Waals surface area contributed by atoms with Gasteiger partial charge in [0, 0.05) is 4.83 Å². The van der Waals surface area contributed by atoms with Crippen molar-refractivity contribution in [3.8, 4) is 0 Å². The standard InChI is InChI=1S/C11H11BrF2/c12-10-3-1-2-8(10)9-6-7(13)4-5-11(9)14/h4-6,8,10H,1-3H2. The number of hydrogen-bond acceptors (Lipinski definition) is 0. The molecule has 2 atom stereocenters. The van der Waals surface area contributed by atoms with Crippen LogP contribution >= 0.6 is 15.9 Å². The molecule has 14 heavy (non-hydrogen) atoms. The highest BCUT2D eigenvalue weighted by atomic mass is 79.9. The van der Waals surface area contributed by atoms with E-state index in [1.807, 2.05) is 0 Å². The first-order valence-electron chi connectivity index (χ1n) is 4.77. The van der Waals surface area contributed by atoms with Crippen molar-refractivity contribution >= 4 is 15.9 Å². The molecular weight excluding hydrogens is 250 g/mol. The SMILES string of the molecule is Fc1ccc(F)c(C2CCCC2Br)c1. The minimum Gasteiger partial charge on any atom is -0.207 e. The second kappa shape index (κ2) is 3.97. The quantitative estimate of drug-likeness (QED) is 0.670. The van der Waals surface area contributed by atoms with Crippen molar-refractivity contribution in [2.45, 2.75) is 30.0 Å². The summed E-state index contributed by atoms with van der Waals surface area (Å²) in [6, 6.07) is 3.69. The summed E-state index contributed by atoms with van der Waals surface area (Å²) in [6.07, 6.45) is 3.06. The molecule has 0 bridgehead atoms. The summed E-state index contributed by atoms with van der Waals surface area (Å²) in [6.45, 7) is 0. The molecule has 0 radical (unpaired) electrons. The highest BCUT2D eigenvalue weighted by Crippen LogP contribution is 2.40. The third kappa shape index (κ3) is 1.83. The van der Waals surface area contributed by atoms with Crippen molar-refractivity contribution < 1.29 is 8.78 Å². The maximum Gasteiger partial charge on any atom is 0.126 e. The van der Waals surface area contributed by atoms with E-state index in [0.29, 0.717) is 10.4 Å². The van der Waals surface area contributed by atoms with Crippen LogP contribution in [0.25, 0.3) is 0 Å². The third-order valence-electron chi connectivity index (χ3n) is 2.79. The van der Waals surface area contributed by atoms with Crippen molar-refractivity contribution in [2.75, 3.05) is 0 Å². The minimum atomic E-state index is -0.354. The Kier molecular flexibility index (Phi) is 2.86. The van der Waals surface area contributed by atoms with Crippen LogP contribution in [0, 0.1) is 11.6 Å². The lowest BCUT2D eigenvalue weighted by Crippen LogP contribution is -2.07. The van der Waals surface area contributed by atoms with Crippen LogP contribution < -0.4 is 0 Å². The fourth-order valence-corrected chi connectivity index (χ4v) is 2.94. The van der Waals surface area contributed by atoms with Gasteiger partial charge >= 0.3 is 0 Å². The summed E-state index contributed by atoms with van der Waals surface area (Å²) < 4.78 is 26.4. The molecule has 1 aliphatic rings. The minimum absolute atomic E-state index is 0.130. The number of rotatable bonds is 1. The normalized spacial score (nSPS) is 26.8. The first kappa shape index (κ1) is 10.1. The second-order valence-corrected chi connectivity index (χ2v) is 4.90. The van der Waals surface area contributed by atoms with Crippen LogP contribution in [0.5, 0.6) is 0 Å². The van der Waals surface area contributed by atoms with Crippen LogP contribution in [0.4, 0.5) is 8.78 Å². The summed E-state index contributed by atoms with van der Waals surface area (Å²) >= 11 is 3.51. The van der Waals surface area contributed by atoms with Gasteiger partial charge < -0.3 is 0 Å². The van der Waals surface area contributed by atoms with Crippen LogP contribution in [0.2, 0.25) is 0 Å². The molecule has 2 rings (SSSR count). The number of halogens is 3. The Bertz CT molecular complexity index is 338. The third-order valence-corrected chi connectivity index (χ3v) is 3.89. The van der Waals surface area contributed by atoms with Crippen molar-refractivity contribution in [3.05, 3.63) is 35.4 Å². The predicted molar refractivity (Wildman–Crippen MR) is 55.7 cm³/mol. The largest absolute Gasteiger partial charge is 0.207 e. The molecule has 76 valence electrons. The zero-order valence-electron chi connectivity index (χ0n) is 7.64. The van der Waals surface area contributed by atoms with Crippen LogP contribution in [0.1, 0.15) is 30.7 Å². The zero-order chi connectivity index (χ0) is 10.1. The van der Waals surface area contributed by atoms with E-state index in [0.717, 1.165) is 25.3 Å². The molecule has 0 N–H and O–H groups in total. The predicted octanol–water partition coefficient (Wildman–Crippen LogP) is 4.00. The lowest BCUT2D eigenvalue weighted by Gasteiger charge is -2.15. The molecule has 0 spiro atoms. The average Bonchev–Trinajstić information content (AvgIpc) is 2.56. The summed E-state index contributed by atoms with van der Waals surface area (Å²) in [7, 11) is 0. The molecule has 0 aromatic heterocycles. The number of hydrogen-bond donors (Lipinski definition) is 0. The first-order chi connectivity index (χ1) is 6.68. The van der Waals surface area contributed by atoms with E-state index < -0.39 is 0 Å².